The number of carbonyl (C=O) groups excluding carboxylic acids is 1. The van der Waals surface area contributed by atoms with E-state index < -0.39 is 0 Å². The molecule has 1 saturated heterocycles. The van der Waals surface area contributed by atoms with E-state index in [1.165, 1.54) is 16.1 Å². The molecule has 8 nitrogen and oxygen atoms in total. The van der Waals surface area contributed by atoms with Gasteiger partial charge in [0.2, 0.25) is 5.91 Å². The Morgan fingerprint density at radius 3 is 2.69 bits per heavy atom. The molecule has 2 heterocycles. The molecule has 0 bridgehead atoms. The first-order chi connectivity index (χ1) is 17.5. The highest BCUT2D eigenvalue weighted by Crippen LogP contribution is 2.33. The summed E-state index contributed by atoms with van der Waals surface area (Å²) < 4.78 is 4.98. The number of methoxy groups -OCH3 is 1. The van der Waals surface area contributed by atoms with Crippen molar-refractivity contribution in [1.82, 2.24) is 9.88 Å². The maximum Gasteiger partial charge on any atom is 0.248 e. The van der Waals surface area contributed by atoms with Crippen molar-refractivity contribution in [2.75, 3.05) is 31.8 Å². The number of likely N-dealkylation sites (tertiary alicyclic amines) is 1. The highest BCUT2D eigenvalue weighted by atomic mass is 35.5. The second-order valence-electron chi connectivity index (χ2n) is 8.78. The van der Waals surface area contributed by atoms with E-state index in [-0.39, 0.29) is 12.5 Å². The number of benzene rings is 2. The molecule has 2 N–H and O–H groups in total. The van der Waals surface area contributed by atoms with Crippen molar-refractivity contribution in [1.29, 1.82) is 10.9 Å². The number of rotatable bonds is 9. The molecule has 1 aliphatic heterocycles. The maximum atomic E-state index is 12.1. The molecule has 0 unspecified atom stereocenters. The van der Waals surface area contributed by atoms with Gasteiger partial charge in [-0.2, -0.15) is 5.53 Å². The predicted molar refractivity (Wildman–Crippen MR) is 141 cm³/mol. The van der Waals surface area contributed by atoms with Crippen LogP contribution in [0.15, 0.2) is 66.0 Å². The molecule has 36 heavy (non-hydrogen) atoms. The van der Waals surface area contributed by atoms with Gasteiger partial charge in [0.15, 0.2) is 0 Å². The lowest BCUT2D eigenvalue weighted by Gasteiger charge is -2.32. The molecule has 4 rings (SSSR count). The van der Waals surface area contributed by atoms with Crippen molar-refractivity contribution >= 4 is 29.5 Å². The zero-order chi connectivity index (χ0) is 25.5. The van der Waals surface area contributed by atoms with Crippen molar-refractivity contribution in [2.24, 2.45) is 5.22 Å². The van der Waals surface area contributed by atoms with Gasteiger partial charge < -0.3 is 9.64 Å². The number of anilines is 1. The van der Waals surface area contributed by atoms with Crippen LogP contribution in [-0.2, 0) is 16.0 Å². The molecule has 9 heteroatoms. The van der Waals surface area contributed by atoms with E-state index in [9.17, 15) is 4.79 Å². The molecule has 1 aromatic heterocycles. The van der Waals surface area contributed by atoms with E-state index in [0.29, 0.717) is 23.0 Å². The van der Waals surface area contributed by atoms with Crippen LogP contribution in [0.2, 0.25) is 5.02 Å². The van der Waals surface area contributed by atoms with Crippen molar-refractivity contribution in [3.63, 3.8) is 0 Å². The van der Waals surface area contributed by atoms with Crippen molar-refractivity contribution in [3.05, 3.63) is 82.6 Å². The SMILES string of the molecule is COCC(=O)N1CCC(c2cccc(Cc3ccc(-c4cc(Cl)ccc4N(C=N)N=N)cn3)c2)CC1. The van der Waals surface area contributed by atoms with E-state index in [1.807, 2.05) is 17.0 Å². The topological polar surface area (TPSA) is 106 Å². The van der Waals surface area contributed by atoms with Gasteiger partial charge in [-0.1, -0.05) is 47.2 Å². The first-order valence-electron chi connectivity index (χ1n) is 11.8. The third-order valence-corrected chi connectivity index (χ3v) is 6.73. The normalized spacial score (nSPS) is 13.9. The van der Waals surface area contributed by atoms with E-state index in [4.69, 9.17) is 27.3 Å². The summed E-state index contributed by atoms with van der Waals surface area (Å²) in [5, 5.41) is 12.6. The van der Waals surface area contributed by atoms with E-state index in [1.54, 1.807) is 31.5 Å². The van der Waals surface area contributed by atoms with Crippen LogP contribution in [0.5, 0.6) is 0 Å². The van der Waals surface area contributed by atoms with Gasteiger partial charge in [0.05, 0.1) is 5.69 Å². The minimum atomic E-state index is 0.0590. The van der Waals surface area contributed by atoms with Crippen LogP contribution in [-0.4, -0.2) is 48.9 Å². The molecule has 0 saturated carbocycles. The molecule has 2 aromatic carbocycles. The lowest BCUT2D eigenvalue weighted by atomic mass is 9.88. The summed E-state index contributed by atoms with van der Waals surface area (Å²) in [4.78, 5) is 18.6. The van der Waals surface area contributed by atoms with Crippen LogP contribution in [0.4, 0.5) is 5.69 Å². The zero-order valence-corrected chi connectivity index (χ0v) is 20.9. The molecule has 3 aromatic rings. The summed E-state index contributed by atoms with van der Waals surface area (Å²) in [6.07, 6.45) is 5.37. The van der Waals surface area contributed by atoms with E-state index in [2.05, 4.69) is 34.5 Å². The molecular formula is C27H29ClN6O2. The van der Waals surface area contributed by atoms with Crippen molar-refractivity contribution in [2.45, 2.75) is 25.2 Å². The van der Waals surface area contributed by atoms with Gasteiger partial charge >= 0.3 is 0 Å². The Balaban J connectivity index is 1.46. The number of hydrogen-bond donors (Lipinski definition) is 2. The number of carbonyl (C=O) groups is 1. The van der Waals surface area contributed by atoms with Gasteiger partial charge in [-0.05, 0) is 54.2 Å². The van der Waals surface area contributed by atoms with Gasteiger partial charge in [0.25, 0.3) is 0 Å². The van der Waals surface area contributed by atoms with Crippen LogP contribution in [0, 0.1) is 10.9 Å². The lowest BCUT2D eigenvalue weighted by molar-refractivity contribution is -0.136. The zero-order valence-electron chi connectivity index (χ0n) is 20.2. The van der Waals surface area contributed by atoms with Crippen LogP contribution in [0.1, 0.15) is 35.6 Å². The minimum absolute atomic E-state index is 0.0590. The Morgan fingerprint density at radius 1 is 1.22 bits per heavy atom. The Labute approximate surface area is 215 Å². The average molecular weight is 505 g/mol. The van der Waals surface area contributed by atoms with Crippen LogP contribution in [0.3, 0.4) is 0 Å². The Hall–Kier alpha value is -3.62. The summed E-state index contributed by atoms with van der Waals surface area (Å²) >= 11 is 6.21. The second kappa shape index (κ2) is 11.9. The smallest absolute Gasteiger partial charge is 0.248 e. The fourth-order valence-corrected chi connectivity index (χ4v) is 4.80. The fourth-order valence-electron chi connectivity index (χ4n) is 4.62. The number of halogens is 1. The molecule has 1 fully saturated rings. The van der Waals surface area contributed by atoms with Crippen LogP contribution < -0.4 is 5.01 Å². The Kier molecular flexibility index (Phi) is 8.40. The molecule has 1 amide bonds. The maximum absolute atomic E-state index is 12.1. The summed E-state index contributed by atoms with van der Waals surface area (Å²) in [6.45, 7) is 1.66. The molecule has 0 radical (unpaired) electrons. The first-order valence-corrected chi connectivity index (χ1v) is 12.2. The monoisotopic (exact) mass is 504 g/mol. The second-order valence-corrected chi connectivity index (χ2v) is 9.22. The molecule has 186 valence electrons. The highest BCUT2D eigenvalue weighted by molar-refractivity contribution is 6.31. The lowest BCUT2D eigenvalue weighted by Crippen LogP contribution is -2.39. The van der Waals surface area contributed by atoms with Crippen LogP contribution in [0.25, 0.3) is 11.1 Å². The van der Waals surface area contributed by atoms with Gasteiger partial charge in [-0.3, -0.25) is 15.2 Å². The number of nitrogens with zero attached hydrogens (tertiary/aromatic N) is 4. The summed E-state index contributed by atoms with van der Waals surface area (Å²) in [6, 6.07) is 17.8. The number of pyridine rings is 1. The first kappa shape index (κ1) is 25.5. The Morgan fingerprint density at radius 2 is 2.03 bits per heavy atom. The average Bonchev–Trinajstić information content (AvgIpc) is 2.91. The highest BCUT2D eigenvalue weighted by Gasteiger charge is 2.23. The summed E-state index contributed by atoms with van der Waals surface area (Å²) in [7, 11) is 1.55. The third-order valence-electron chi connectivity index (χ3n) is 6.49. The van der Waals surface area contributed by atoms with Gasteiger partial charge in [0, 0.05) is 54.7 Å². The standard InChI is InChI=1S/C27H29ClN6O2/c1-36-17-27(35)33-11-9-20(10-12-33)21-4-2-3-19(13-21)14-24-7-5-22(16-31-24)25-15-23(28)6-8-26(25)34(18-29)32-30/h2-8,13,15-16,18,20,29-30H,9-12,14,17H2,1H3. The third kappa shape index (κ3) is 5.95. The summed E-state index contributed by atoms with van der Waals surface area (Å²) in [5.74, 6) is 0.496. The van der Waals surface area contributed by atoms with Gasteiger partial charge in [-0.25, -0.2) is 5.01 Å². The number of ether oxygens (including phenoxy) is 1. The van der Waals surface area contributed by atoms with Gasteiger partial charge in [0.1, 0.15) is 12.9 Å². The molecule has 1 aliphatic rings. The number of amides is 1. The number of hydrogen-bond acceptors (Lipinski definition) is 6. The Bertz CT molecular complexity index is 1220. The largest absolute Gasteiger partial charge is 0.375 e. The summed E-state index contributed by atoms with van der Waals surface area (Å²) in [5.41, 5.74) is 12.9. The molecule has 0 aliphatic carbocycles. The van der Waals surface area contributed by atoms with E-state index >= 15 is 0 Å². The minimum Gasteiger partial charge on any atom is -0.375 e. The van der Waals surface area contributed by atoms with Crippen LogP contribution >= 0.6 is 11.6 Å². The predicted octanol–water partition coefficient (Wildman–Crippen LogP) is 5.70. The molecular weight excluding hydrogens is 476 g/mol. The van der Waals surface area contributed by atoms with Crippen molar-refractivity contribution in [3.8, 4) is 11.1 Å². The quantitative estimate of drug-likeness (QED) is 0.168. The van der Waals surface area contributed by atoms with E-state index in [0.717, 1.165) is 49.1 Å². The van der Waals surface area contributed by atoms with Crippen molar-refractivity contribution < 1.29 is 9.53 Å². The fraction of sp³-hybridized carbons (Fsp3) is 0.296. The molecule has 0 atom stereocenters. The number of aromatic nitrogens is 1. The molecule has 0 spiro atoms. The van der Waals surface area contributed by atoms with Gasteiger partial charge in [-0.15, -0.1) is 0 Å². The number of nitrogens with one attached hydrogen (secondary N) is 2. The number of piperidine rings is 1.